The van der Waals surface area contributed by atoms with Crippen molar-refractivity contribution in [3.05, 3.63) is 63.6 Å². The molecule has 0 spiro atoms. The maximum absolute atomic E-state index is 13.9. The predicted molar refractivity (Wildman–Crippen MR) is 93.8 cm³/mol. The summed E-state index contributed by atoms with van der Waals surface area (Å²) < 4.78 is 20.7. The first-order valence-electron chi connectivity index (χ1n) is 6.90. The van der Waals surface area contributed by atoms with Gasteiger partial charge in [0.25, 0.3) is 0 Å². The van der Waals surface area contributed by atoms with Crippen molar-refractivity contribution in [3.8, 4) is 17.1 Å². The second-order valence-corrected chi connectivity index (χ2v) is 5.57. The summed E-state index contributed by atoms with van der Waals surface area (Å²) in [6.45, 7) is 0. The number of hydrogen-bond acceptors (Lipinski definition) is 4. The fourth-order valence-electron chi connectivity index (χ4n) is 2.10. The van der Waals surface area contributed by atoms with Gasteiger partial charge in [-0.3, -0.25) is 0 Å². The highest BCUT2D eigenvalue weighted by Gasteiger charge is 2.10. The van der Waals surface area contributed by atoms with Gasteiger partial charge in [-0.15, -0.1) is 0 Å². The van der Waals surface area contributed by atoms with Crippen LogP contribution in [0.4, 0.5) is 4.39 Å². The van der Waals surface area contributed by atoms with Crippen molar-refractivity contribution in [1.29, 1.82) is 0 Å². The van der Waals surface area contributed by atoms with E-state index in [1.54, 1.807) is 19.2 Å². The van der Waals surface area contributed by atoms with Crippen LogP contribution in [-0.4, -0.2) is 28.2 Å². The van der Waals surface area contributed by atoms with Gasteiger partial charge < -0.3 is 4.74 Å². The van der Waals surface area contributed by atoms with E-state index in [4.69, 9.17) is 28.6 Å². The molecule has 3 aromatic rings. The minimum Gasteiger partial charge on any atom is -0.497 e. The van der Waals surface area contributed by atoms with Crippen LogP contribution >= 0.6 is 23.8 Å². The molecule has 5 nitrogen and oxygen atoms in total. The lowest BCUT2D eigenvalue weighted by molar-refractivity contribution is 0.415. The Morgan fingerprint density at radius 1 is 1.33 bits per heavy atom. The zero-order chi connectivity index (χ0) is 17.1. The highest BCUT2D eigenvalue weighted by atomic mass is 35.5. The van der Waals surface area contributed by atoms with Gasteiger partial charge in [0, 0.05) is 11.1 Å². The summed E-state index contributed by atoms with van der Waals surface area (Å²) in [5, 5.41) is 11.3. The van der Waals surface area contributed by atoms with Gasteiger partial charge in [0.15, 0.2) is 5.82 Å². The van der Waals surface area contributed by atoms with Crippen LogP contribution in [0, 0.1) is 10.6 Å². The number of aromatic nitrogens is 3. The van der Waals surface area contributed by atoms with E-state index < -0.39 is 5.82 Å². The van der Waals surface area contributed by atoms with Gasteiger partial charge in [-0.25, -0.2) is 9.49 Å². The highest BCUT2D eigenvalue weighted by Crippen LogP contribution is 2.23. The Morgan fingerprint density at radius 2 is 2.12 bits per heavy atom. The molecule has 3 rings (SSSR count). The lowest BCUT2D eigenvalue weighted by Crippen LogP contribution is -1.97. The van der Waals surface area contributed by atoms with E-state index in [1.165, 1.54) is 23.0 Å². The monoisotopic (exact) mass is 362 g/mol. The van der Waals surface area contributed by atoms with E-state index >= 15 is 0 Å². The molecule has 1 aromatic heterocycles. The molecule has 2 aromatic carbocycles. The number of ether oxygens (including phenoxy) is 1. The molecule has 24 heavy (non-hydrogen) atoms. The normalized spacial score (nSPS) is 11.1. The smallest absolute Gasteiger partial charge is 0.216 e. The number of aromatic amines is 1. The van der Waals surface area contributed by atoms with E-state index in [0.29, 0.717) is 11.6 Å². The molecule has 1 N–H and O–H groups in total. The number of rotatable bonds is 4. The molecule has 0 saturated heterocycles. The Labute approximate surface area is 147 Å². The van der Waals surface area contributed by atoms with E-state index in [1.807, 2.05) is 18.2 Å². The number of halogens is 2. The zero-order valence-electron chi connectivity index (χ0n) is 12.5. The van der Waals surface area contributed by atoms with Crippen molar-refractivity contribution in [2.45, 2.75) is 0 Å². The van der Waals surface area contributed by atoms with Crippen molar-refractivity contribution in [1.82, 2.24) is 14.9 Å². The van der Waals surface area contributed by atoms with Crippen LogP contribution in [0.1, 0.15) is 5.56 Å². The molecule has 0 fully saturated rings. The third-order valence-corrected chi connectivity index (χ3v) is 3.87. The number of nitrogens with zero attached hydrogens (tertiary/aromatic N) is 3. The Bertz CT molecular complexity index is 946. The largest absolute Gasteiger partial charge is 0.497 e. The molecule has 8 heteroatoms. The third-order valence-electron chi connectivity index (χ3n) is 3.28. The van der Waals surface area contributed by atoms with Crippen LogP contribution in [0.25, 0.3) is 11.4 Å². The van der Waals surface area contributed by atoms with Gasteiger partial charge in [0.1, 0.15) is 11.6 Å². The van der Waals surface area contributed by atoms with Gasteiger partial charge in [0.2, 0.25) is 4.77 Å². The van der Waals surface area contributed by atoms with Crippen LogP contribution in [0.5, 0.6) is 5.75 Å². The molecular formula is C16H12ClFN4OS. The summed E-state index contributed by atoms with van der Waals surface area (Å²) in [5.41, 5.74) is 0.928. The lowest BCUT2D eigenvalue weighted by atomic mass is 10.2. The van der Waals surface area contributed by atoms with Gasteiger partial charge in [0.05, 0.1) is 18.3 Å². The van der Waals surface area contributed by atoms with Crippen LogP contribution in [0.15, 0.2) is 47.6 Å². The third kappa shape index (κ3) is 3.22. The van der Waals surface area contributed by atoms with Crippen LogP contribution in [0.2, 0.25) is 5.02 Å². The van der Waals surface area contributed by atoms with Crippen molar-refractivity contribution < 1.29 is 9.13 Å². The molecule has 0 aliphatic rings. The summed E-state index contributed by atoms with van der Waals surface area (Å²) in [7, 11) is 1.58. The molecule has 1 heterocycles. The van der Waals surface area contributed by atoms with Crippen LogP contribution in [-0.2, 0) is 0 Å². The standard InChI is InChI=1S/C16H12ClFN4OS/c1-23-11-5-2-4-10(8-11)15-20-21-16(24)22(15)19-9-12-13(17)6-3-7-14(12)18/h2-9H,1H3,(H,21,24)/b19-9-. The first-order chi connectivity index (χ1) is 11.6. The summed E-state index contributed by atoms with van der Waals surface area (Å²) in [4.78, 5) is 0. The summed E-state index contributed by atoms with van der Waals surface area (Å²) in [6.07, 6.45) is 1.31. The molecule has 0 unspecified atom stereocenters. The van der Waals surface area contributed by atoms with Crippen LogP contribution < -0.4 is 4.74 Å². The SMILES string of the molecule is COc1cccc(-c2n[nH]c(=S)n2/N=C\c2c(F)cccc2Cl)c1. The molecule has 0 atom stereocenters. The first-order valence-corrected chi connectivity index (χ1v) is 7.69. The Kier molecular flexibility index (Phi) is 4.73. The minimum atomic E-state index is -0.468. The minimum absolute atomic E-state index is 0.179. The van der Waals surface area contributed by atoms with E-state index in [-0.39, 0.29) is 15.4 Å². The second kappa shape index (κ2) is 6.94. The predicted octanol–water partition coefficient (Wildman–Crippen LogP) is 4.29. The number of H-pyrrole nitrogens is 1. The fraction of sp³-hybridized carbons (Fsp3) is 0.0625. The summed E-state index contributed by atoms with van der Waals surface area (Å²) in [5.74, 6) is 0.681. The molecular weight excluding hydrogens is 351 g/mol. The van der Waals surface area contributed by atoms with E-state index in [9.17, 15) is 4.39 Å². The van der Waals surface area contributed by atoms with Crippen LogP contribution in [0.3, 0.4) is 0 Å². The fourth-order valence-corrected chi connectivity index (χ4v) is 2.49. The molecule has 0 amide bonds. The Balaban J connectivity index is 2.05. The quantitative estimate of drug-likeness (QED) is 0.556. The number of benzene rings is 2. The maximum Gasteiger partial charge on any atom is 0.216 e. The molecule has 0 aliphatic heterocycles. The Morgan fingerprint density at radius 3 is 2.88 bits per heavy atom. The number of hydrogen-bond donors (Lipinski definition) is 1. The van der Waals surface area contributed by atoms with Crippen molar-refractivity contribution in [3.63, 3.8) is 0 Å². The molecule has 0 bridgehead atoms. The average molecular weight is 363 g/mol. The second-order valence-electron chi connectivity index (χ2n) is 4.78. The molecule has 122 valence electrons. The first kappa shape index (κ1) is 16.4. The van der Waals surface area contributed by atoms with Gasteiger partial charge in [-0.05, 0) is 36.5 Å². The van der Waals surface area contributed by atoms with Crippen molar-refractivity contribution in [2.24, 2.45) is 5.10 Å². The highest BCUT2D eigenvalue weighted by molar-refractivity contribution is 7.71. The van der Waals surface area contributed by atoms with Gasteiger partial charge in [-0.1, -0.05) is 29.8 Å². The number of methoxy groups -OCH3 is 1. The van der Waals surface area contributed by atoms with Crippen molar-refractivity contribution in [2.75, 3.05) is 7.11 Å². The summed E-state index contributed by atoms with van der Waals surface area (Å²) in [6, 6.07) is 11.7. The zero-order valence-corrected chi connectivity index (χ0v) is 14.1. The van der Waals surface area contributed by atoms with Gasteiger partial charge in [-0.2, -0.15) is 14.9 Å². The molecule has 0 aliphatic carbocycles. The average Bonchev–Trinajstić information content (AvgIpc) is 2.95. The Hall–Kier alpha value is -2.51. The van der Waals surface area contributed by atoms with E-state index in [0.717, 1.165) is 5.56 Å². The van der Waals surface area contributed by atoms with Crippen molar-refractivity contribution >= 4 is 30.0 Å². The van der Waals surface area contributed by atoms with E-state index in [2.05, 4.69) is 15.3 Å². The summed E-state index contributed by atoms with van der Waals surface area (Å²) >= 11 is 11.2. The number of nitrogens with one attached hydrogen (secondary N) is 1. The molecule has 0 radical (unpaired) electrons. The molecule has 0 saturated carbocycles. The maximum atomic E-state index is 13.9. The topological polar surface area (TPSA) is 55.2 Å². The van der Waals surface area contributed by atoms with Gasteiger partial charge >= 0.3 is 0 Å². The lowest BCUT2D eigenvalue weighted by Gasteiger charge is -2.04.